The van der Waals surface area contributed by atoms with Gasteiger partial charge in [0.15, 0.2) is 0 Å². The van der Waals surface area contributed by atoms with Gasteiger partial charge in [0.05, 0.1) is 0 Å². The van der Waals surface area contributed by atoms with Crippen molar-refractivity contribution in [2.75, 3.05) is 0 Å². The summed E-state index contributed by atoms with van der Waals surface area (Å²) >= 11 is 3.27. The Bertz CT molecular complexity index is 944. The third-order valence-electron chi connectivity index (χ3n) is 5.91. The van der Waals surface area contributed by atoms with Crippen molar-refractivity contribution in [3.8, 4) is 11.4 Å². The number of benzene rings is 2. The molecule has 0 N–H and O–H groups in total. The van der Waals surface area contributed by atoms with Crippen LogP contribution in [0.2, 0.25) is 0 Å². The monoisotopic (exact) mass is 491 g/mol. The Morgan fingerprint density at radius 2 is 0.800 bits per heavy atom. The number of imidazole rings is 1. The summed E-state index contributed by atoms with van der Waals surface area (Å²) in [5.41, 5.74) is 8.22. The van der Waals surface area contributed by atoms with Gasteiger partial charge < -0.3 is 0 Å². The maximum absolute atomic E-state index is 3.27. The van der Waals surface area contributed by atoms with Crippen LogP contribution in [0.1, 0.15) is 101 Å². The molecule has 0 amide bonds. The first-order valence-corrected chi connectivity index (χ1v) is 12.0. The van der Waals surface area contributed by atoms with Gasteiger partial charge in [-0.15, -0.1) is 0 Å². The van der Waals surface area contributed by atoms with E-state index in [2.05, 4.69) is 131 Å². The van der Waals surface area contributed by atoms with Crippen molar-refractivity contribution in [1.82, 2.24) is 9.13 Å². The molecule has 0 aliphatic carbocycles. The molecule has 0 aliphatic heterocycles. The van der Waals surface area contributed by atoms with Crippen molar-refractivity contribution >= 4 is 0 Å². The molecule has 2 nitrogen and oxygen atoms in total. The molecule has 3 aromatic rings. The molecule has 3 heteroatoms. The summed E-state index contributed by atoms with van der Waals surface area (Å²) < 4.78 is 5.86. The van der Waals surface area contributed by atoms with Crippen LogP contribution in [0, 0.1) is 4.01 Å². The summed E-state index contributed by atoms with van der Waals surface area (Å²) in [6.45, 7) is 18.3. The van der Waals surface area contributed by atoms with E-state index in [-0.39, 0.29) is 0 Å². The molecule has 0 bridgehead atoms. The van der Waals surface area contributed by atoms with Crippen molar-refractivity contribution in [2.24, 2.45) is 0 Å². The van der Waals surface area contributed by atoms with Gasteiger partial charge in [-0.05, 0) is 0 Å². The SMILES string of the molecule is CC(C)c1cccc(C(C)C)c1-n1ccn(-c2c(C(C)C)cccc2C(C)C)[c]1=[Rh]. The maximum atomic E-state index is 3.27. The minimum absolute atomic E-state index is 0.463. The van der Waals surface area contributed by atoms with Crippen LogP contribution in [0.15, 0.2) is 48.8 Å². The van der Waals surface area contributed by atoms with Gasteiger partial charge in [-0.3, -0.25) is 0 Å². The van der Waals surface area contributed by atoms with Crippen LogP contribution in [0.25, 0.3) is 11.4 Å². The van der Waals surface area contributed by atoms with Crippen molar-refractivity contribution in [2.45, 2.75) is 79.1 Å². The molecule has 0 saturated carbocycles. The van der Waals surface area contributed by atoms with Gasteiger partial charge in [0.2, 0.25) is 0 Å². The van der Waals surface area contributed by atoms with Gasteiger partial charge in [0.25, 0.3) is 0 Å². The Hall–Kier alpha value is -1.73. The fourth-order valence-electron chi connectivity index (χ4n) is 4.27. The van der Waals surface area contributed by atoms with Gasteiger partial charge >= 0.3 is 192 Å². The average Bonchev–Trinajstić information content (AvgIpc) is 3.07. The van der Waals surface area contributed by atoms with Gasteiger partial charge in [-0.25, -0.2) is 0 Å². The first-order valence-electron chi connectivity index (χ1n) is 11.2. The van der Waals surface area contributed by atoms with E-state index < -0.39 is 0 Å². The third-order valence-corrected chi connectivity index (χ3v) is 6.70. The van der Waals surface area contributed by atoms with Crippen LogP contribution in [0.3, 0.4) is 0 Å². The summed E-state index contributed by atoms with van der Waals surface area (Å²) in [4.78, 5) is 0. The Kier molecular flexibility index (Phi) is 7.03. The second-order valence-corrected chi connectivity index (χ2v) is 10.2. The van der Waals surface area contributed by atoms with Gasteiger partial charge in [0.1, 0.15) is 0 Å². The molecule has 0 saturated heterocycles. The van der Waals surface area contributed by atoms with E-state index in [1.165, 1.54) is 33.6 Å². The van der Waals surface area contributed by atoms with Gasteiger partial charge in [-0.2, -0.15) is 0 Å². The number of para-hydroxylation sites is 2. The van der Waals surface area contributed by atoms with Crippen molar-refractivity contribution in [3.63, 3.8) is 0 Å². The molecule has 30 heavy (non-hydrogen) atoms. The molecule has 0 spiro atoms. The molecule has 0 aliphatic rings. The molecule has 0 atom stereocenters. The summed E-state index contributed by atoms with van der Waals surface area (Å²) in [6.07, 6.45) is 4.45. The topological polar surface area (TPSA) is 9.86 Å². The fourth-order valence-corrected chi connectivity index (χ4v) is 4.88. The van der Waals surface area contributed by atoms with Crippen LogP contribution >= 0.6 is 0 Å². The van der Waals surface area contributed by atoms with Crippen LogP contribution in [0.4, 0.5) is 0 Å². The van der Waals surface area contributed by atoms with Crippen LogP contribution in [-0.4, -0.2) is 9.13 Å². The predicted octanol–water partition coefficient (Wildman–Crippen LogP) is 7.84. The first kappa shape index (κ1) is 22.9. The van der Waals surface area contributed by atoms with E-state index >= 15 is 0 Å². The summed E-state index contributed by atoms with van der Waals surface area (Å²) in [7, 11) is 0. The van der Waals surface area contributed by atoms with Crippen LogP contribution in [0.5, 0.6) is 0 Å². The standard InChI is InChI=1S/C27H36N2.Rh/c1-18(2)22-11-9-12-23(19(3)4)26(22)28-15-16-29(17-28)27-24(20(5)6)13-10-14-25(27)21(7)8;/h9-16,18-21H,1-8H3;. The Morgan fingerprint density at radius 1 is 0.533 bits per heavy atom. The normalized spacial score (nSPS) is 12.0. The van der Waals surface area contributed by atoms with E-state index in [0.29, 0.717) is 23.7 Å². The second kappa shape index (κ2) is 9.19. The molecule has 1 aromatic heterocycles. The minimum atomic E-state index is 0.463. The molecular formula is C27H36N2Rh. The molecule has 2 aromatic carbocycles. The molecule has 0 radical (unpaired) electrons. The number of aromatic nitrogens is 2. The average molecular weight is 492 g/mol. The van der Waals surface area contributed by atoms with Crippen molar-refractivity contribution in [1.29, 1.82) is 0 Å². The predicted molar refractivity (Wildman–Crippen MR) is 125 cm³/mol. The number of nitrogens with zero attached hydrogens (tertiary/aromatic N) is 2. The summed E-state index contributed by atoms with van der Waals surface area (Å²) in [6, 6.07) is 13.5. The van der Waals surface area contributed by atoms with E-state index in [1.54, 1.807) is 0 Å². The summed E-state index contributed by atoms with van der Waals surface area (Å²) in [5.74, 6) is 1.85. The van der Waals surface area contributed by atoms with Crippen molar-refractivity contribution in [3.05, 3.63) is 75.1 Å². The second-order valence-electron chi connectivity index (χ2n) is 9.48. The molecule has 1 heterocycles. The molecule has 0 fully saturated rings. The molecule has 0 unspecified atom stereocenters. The number of rotatable bonds is 6. The third kappa shape index (κ3) is 4.19. The first-order chi connectivity index (χ1) is 14.1. The van der Waals surface area contributed by atoms with E-state index in [4.69, 9.17) is 0 Å². The molecule has 3 rings (SSSR count). The summed E-state index contributed by atoms with van der Waals surface area (Å²) in [5, 5.41) is 0. The van der Waals surface area contributed by atoms with Crippen molar-refractivity contribution < 1.29 is 17.9 Å². The quantitative estimate of drug-likeness (QED) is 0.311. The molecular weight excluding hydrogens is 455 g/mol. The number of hydrogen-bond donors (Lipinski definition) is 0. The van der Waals surface area contributed by atoms with Crippen LogP contribution in [-0.2, 0) is 17.9 Å². The van der Waals surface area contributed by atoms with E-state index in [9.17, 15) is 0 Å². The zero-order chi connectivity index (χ0) is 22.2. The fraction of sp³-hybridized carbons (Fsp3) is 0.444. The van der Waals surface area contributed by atoms with Gasteiger partial charge in [0, 0.05) is 0 Å². The number of hydrogen-bond acceptors (Lipinski definition) is 0. The van der Waals surface area contributed by atoms with Gasteiger partial charge in [-0.1, -0.05) is 0 Å². The Morgan fingerprint density at radius 3 is 1.03 bits per heavy atom. The molecule has 163 valence electrons. The van der Waals surface area contributed by atoms with E-state index in [0.717, 1.165) is 4.01 Å². The van der Waals surface area contributed by atoms with E-state index in [1.807, 2.05) is 0 Å². The Balaban J connectivity index is 2.33. The zero-order valence-corrected chi connectivity index (χ0v) is 21.3. The Labute approximate surface area is 192 Å². The van der Waals surface area contributed by atoms with Crippen LogP contribution < -0.4 is 0 Å². The zero-order valence-electron chi connectivity index (χ0n) is 19.7.